The van der Waals surface area contributed by atoms with Crippen LogP contribution in [0.4, 0.5) is 4.79 Å². The fraction of sp³-hybridized carbons (Fsp3) is 0.882. The molecule has 0 aromatic heterocycles. The summed E-state index contributed by atoms with van der Waals surface area (Å²) in [5.74, 6) is -0.149. The van der Waals surface area contributed by atoms with Crippen LogP contribution >= 0.6 is 0 Å². The summed E-state index contributed by atoms with van der Waals surface area (Å²) in [6.07, 6.45) is -0.591. The first kappa shape index (κ1) is 22.1. The number of carbonyl (C=O) groups is 2. The van der Waals surface area contributed by atoms with Crippen LogP contribution in [0.15, 0.2) is 0 Å². The second-order valence-corrected chi connectivity index (χ2v) is 13.6. The number of methoxy groups -OCH3 is 1. The summed E-state index contributed by atoms with van der Waals surface area (Å²) in [6, 6.07) is -0.618. The number of carbonyl (C=O) groups excluding carboxylic acids is 2. The van der Waals surface area contributed by atoms with Gasteiger partial charge in [-0.05, 0) is 18.1 Å². The van der Waals surface area contributed by atoms with E-state index in [1.54, 1.807) is 0 Å². The SMILES string of the molecule is COC(=O)N[C@H](C(=O)C(C)(C)C)[C@@H](C)CO[Si](C)(C)C(C)(C)C. The lowest BCUT2D eigenvalue weighted by molar-refractivity contribution is -0.129. The Morgan fingerprint density at radius 2 is 1.57 bits per heavy atom. The van der Waals surface area contributed by atoms with E-state index >= 15 is 0 Å². The summed E-state index contributed by atoms with van der Waals surface area (Å²) in [6.45, 7) is 18.8. The van der Waals surface area contributed by atoms with E-state index in [9.17, 15) is 9.59 Å². The van der Waals surface area contributed by atoms with E-state index in [1.165, 1.54) is 7.11 Å². The zero-order chi connectivity index (χ0) is 18.6. The molecule has 1 amide bonds. The molecule has 23 heavy (non-hydrogen) atoms. The van der Waals surface area contributed by atoms with Gasteiger partial charge in [-0.2, -0.15) is 0 Å². The van der Waals surface area contributed by atoms with Crippen molar-refractivity contribution >= 4 is 20.2 Å². The van der Waals surface area contributed by atoms with Crippen LogP contribution in [0.2, 0.25) is 18.1 Å². The van der Waals surface area contributed by atoms with E-state index in [4.69, 9.17) is 4.43 Å². The molecule has 1 N–H and O–H groups in total. The van der Waals surface area contributed by atoms with Gasteiger partial charge in [0, 0.05) is 17.9 Å². The van der Waals surface area contributed by atoms with Gasteiger partial charge in [-0.1, -0.05) is 48.5 Å². The van der Waals surface area contributed by atoms with Crippen molar-refractivity contribution in [3.05, 3.63) is 0 Å². The topological polar surface area (TPSA) is 64.6 Å². The molecule has 0 fully saturated rings. The van der Waals surface area contributed by atoms with Crippen molar-refractivity contribution in [3.63, 3.8) is 0 Å². The molecule has 0 saturated carbocycles. The van der Waals surface area contributed by atoms with Gasteiger partial charge in [0.1, 0.15) is 0 Å². The molecule has 0 unspecified atom stereocenters. The minimum absolute atomic E-state index is 0.0192. The van der Waals surface area contributed by atoms with E-state index in [0.717, 1.165) is 0 Å². The zero-order valence-electron chi connectivity index (χ0n) is 16.5. The van der Waals surface area contributed by atoms with Crippen LogP contribution in [-0.2, 0) is 14.0 Å². The predicted octanol–water partition coefficient (Wildman–Crippen LogP) is 3.98. The van der Waals surface area contributed by atoms with E-state index in [-0.39, 0.29) is 16.7 Å². The van der Waals surface area contributed by atoms with Crippen molar-refractivity contribution in [1.29, 1.82) is 0 Å². The molecular weight excluding hydrogens is 310 g/mol. The zero-order valence-corrected chi connectivity index (χ0v) is 17.5. The van der Waals surface area contributed by atoms with Crippen molar-refractivity contribution in [2.75, 3.05) is 13.7 Å². The van der Waals surface area contributed by atoms with E-state index < -0.39 is 25.9 Å². The second-order valence-electron chi connectivity index (χ2n) is 8.78. The Hall–Kier alpha value is -0.883. The summed E-state index contributed by atoms with van der Waals surface area (Å²) < 4.78 is 10.9. The van der Waals surface area contributed by atoms with Gasteiger partial charge in [-0.25, -0.2) is 4.79 Å². The summed E-state index contributed by atoms with van der Waals surface area (Å²) in [5.41, 5.74) is -0.545. The van der Waals surface area contributed by atoms with E-state index in [2.05, 4.69) is 43.9 Å². The average molecular weight is 346 g/mol. The molecule has 0 radical (unpaired) electrons. The highest BCUT2D eigenvalue weighted by Crippen LogP contribution is 2.37. The Kier molecular flexibility index (Phi) is 7.49. The molecule has 0 aromatic rings. The number of ether oxygens (including phenoxy) is 1. The molecule has 0 spiro atoms. The Bertz CT molecular complexity index is 421. The molecule has 0 aromatic carbocycles. The lowest BCUT2D eigenvalue weighted by Gasteiger charge is -2.38. The number of nitrogens with one attached hydrogen (secondary N) is 1. The van der Waals surface area contributed by atoms with Crippen LogP contribution in [0.5, 0.6) is 0 Å². The Balaban J connectivity index is 5.12. The molecule has 0 saturated heterocycles. The van der Waals surface area contributed by atoms with Crippen molar-refractivity contribution in [2.45, 2.75) is 72.6 Å². The van der Waals surface area contributed by atoms with Crippen molar-refractivity contribution in [3.8, 4) is 0 Å². The highest BCUT2D eigenvalue weighted by Gasteiger charge is 2.39. The predicted molar refractivity (Wildman–Crippen MR) is 96.1 cm³/mol. The minimum Gasteiger partial charge on any atom is -0.453 e. The molecule has 2 atom stereocenters. The Morgan fingerprint density at radius 1 is 1.09 bits per heavy atom. The fourth-order valence-corrected chi connectivity index (χ4v) is 2.88. The summed E-state index contributed by atoms with van der Waals surface area (Å²) in [4.78, 5) is 24.3. The first-order valence-corrected chi connectivity index (χ1v) is 11.1. The molecule has 0 aliphatic heterocycles. The molecule has 136 valence electrons. The van der Waals surface area contributed by atoms with Crippen molar-refractivity contribution < 1.29 is 18.8 Å². The van der Waals surface area contributed by atoms with Gasteiger partial charge in [0.25, 0.3) is 0 Å². The highest BCUT2D eigenvalue weighted by atomic mass is 28.4. The maximum atomic E-state index is 12.7. The summed E-state index contributed by atoms with van der Waals surface area (Å²) >= 11 is 0. The quantitative estimate of drug-likeness (QED) is 0.739. The third-order valence-electron chi connectivity index (χ3n) is 4.56. The molecule has 6 heteroatoms. The smallest absolute Gasteiger partial charge is 0.407 e. The molecule has 5 nitrogen and oxygen atoms in total. The summed E-state index contributed by atoms with van der Waals surface area (Å²) in [5, 5.41) is 2.78. The van der Waals surface area contributed by atoms with Gasteiger partial charge in [0.05, 0.1) is 13.2 Å². The molecule has 0 aliphatic carbocycles. The molecule has 0 bridgehead atoms. The lowest BCUT2D eigenvalue weighted by atomic mass is 9.82. The number of amides is 1. The molecular formula is C17H35NO4Si. The normalized spacial score (nSPS) is 15.7. The maximum absolute atomic E-state index is 12.7. The Labute approximate surface area is 142 Å². The molecule has 0 rings (SSSR count). The standard InChI is InChI=1S/C17H35NO4Si/c1-12(11-22-23(9,10)17(5,6)7)13(18-15(20)21-8)14(19)16(2,3)4/h12-13H,11H2,1-10H3,(H,18,20)/t12-,13-/m0/s1. The fourth-order valence-electron chi connectivity index (χ4n) is 1.77. The maximum Gasteiger partial charge on any atom is 0.407 e. The lowest BCUT2D eigenvalue weighted by Crippen LogP contribution is -2.51. The van der Waals surface area contributed by atoms with Crippen molar-refractivity contribution in [1.82, 2.24) is 5.32 Å². The highest BCUT2D eigenvalue weighted by molar-refractivity contribution is 6.74. The van der Waals surface area contributed by atoms with Crippen LogP contribution in [0.25, 0.3) is 0 Å². The number of Topliss-reactive ketones (excluding diaryl/α,β-unsaturated/α-hetero) is 1. The number of rotatable bonds is 6. The van der Waals surface area contributed by atoms with Gasteiger partial charge >= 0.3 is 6.09 Å². The molecule has 0 aliphatic rings. The van der Waals surface area contributed by atoms with Gasteiger partial charge in [0.15, 0.2) is 14.1 Å². The van der Waals surface area contributed by atoms with Crippen LogP contribution < -0.4 is 5.32 Å². The average Bonchev–Trinajstić information content (AvgIpc) is 2.38. The number of alkyl carbamates (subject to hydrolysis) is 1. The number of hydrogen-bond donors (Lipinski definition) is 1. The first-order valence-electron chi connectivity index (χ1n) is 8.16. The van der Waals surface area contributed by atoms with E-state index in [0.29, 0.717) is 6.61 Å². The van der Waals surface area contributed by atoms with Gasteiger partial charge in [-0.3, -0.25) is 4.79 Å². The van der Waals surface area contributed by atoms with Gasteiger partial charge in [0.2, 0.25) is 0 Å². The van der Waals surface area contributed by atoms with Crippen LogP contribution in [0, 0.1) is 11.3 Å². The first-order chi connectivity index (χ1) is 10.1. The van der Waals surface area contributed by atoms with Crippen LogP contribution in [0.3, 0.4) is 0 Å². The Morgan fingerprint density at radius 3 is 1.91 bits per heavy atom. The summed E-state index contributed by atoms with van der Waals surface area (Å²) in [7, 11) is -0.601. The van der Waals surface area contributed by atoms with Crippen LogP contribution in [0.1, 0.15) is 48.5 Å². The largest absolute Gasteiger partial charge is 0.453 e. The van der Waals surface area contributed by atoms with Crippen LogP contribution in [-0.4, -0.2) is 40.0 Å². The third kappa shape index (κ3) is 6.63. The van der Waals surface area contributed by atoms with Crippen molar-refractivity contribution in [2.24, 2.45) is 11.3 Å². The number of ketones is 1. The minimum atomic E-state index is -1.90. The second kappa shape index (κ2) is 7.79. The van der Waals surface area contributed by atoms with Gasteiger partial charge in [-0.15, -0.1) is 0 Å². The third-order valence-corrected chi connectivity index (χ3v) is 9.06. The molecule has 0 heterocycles. The van der Waals surface area contributed by atoms with Gasteiger partial charge < -0.3 is 14.5 Å². The van der Waals surface area contributed by atoms with E-state index in [1.807, 2.05) is 27.7 Å². The monoisotopic (exact) mass is 345 g/mol. The number of hydrogen-bond acceptors (Lipinski definition) is 4.